The summed E-state index contributed by atoms with van der Waals surface area (Å²) in [5.74, 6) is 0.0518. The summed E-state index contributed by atoms with van der Waals surface area (Å²) in [6.45, 7) is 5.16. The van der Waals surface area contributed by atoms with Gasteiger partial charge in [0.05, 0.1) is 6.10 Å². The summed E-state index contributed by atoms with van der Waals surface area (Å²) < 4.78 is 5.34. The number of carbonyl (C=O) groups excluding carboxylic acids is 1. The summed E-state index contributed by atoms with van der Waals surface area (Å²) in [5.41, 5.74) is 5.88. The number of hydrogen-bond acceptors (Lipinski definition) is 3. The summed E-state index contributed by atoms with van der Waals surface area (Å²) in [6, 6.07) is 0. The van der Waals surface area contributed by atoms with Crippen LogP contribution in [0.1, 0.15) is 46.0 Å². The Balaban J connectivity index is 2.20. The molecule has 0 aromatic carbocycles. The summed E-state index contributed by atoms with van der Waals surface area (Å²) in [5, 5.41) is 2.88. The molecule has 94 valence electrons. The van der Waals surface area contributed by atoms with Gasteiger partial charge in [-0.05, 0) is 26.7 Å². The Labute approximate surface area is 97.9 Å². The minimum Gasteiger partial charge on any atom is -0.377 e. The molecule has 0 saturated heterocycles. The molecule has 1 rings (SSSR count). The van der Waals surface area contributed by atoms with Crippen molar-refractivity contribution >= 4 is 5.91 Å². The average molecular weight is 228 g/mol. The molecular formula is C12H24N2O2. The van der Waals surface area contributed by atoms with Gasteiger partial charge in [-0.15, -0.1) is 0 Å². The van der Waals surface area contributed by atoms with Crippen molar-refractivity contribution in [1.82, 2.24) is 5.32 Å². The third-order valence-electron chi connectivity index (χ3n) is 3.15. The van der Waals surface area contributed by atoms with Crippen LogP contribution in [-0.2, 0) is 9.53 Å². The third-order valence-corrected chi connectivity index (χ3v) is 3.15. The molecular weight excluding hydrogens is 204 g/mol. The summed E-state index contributed by atoms with van der Waals surface area (Å²) >= 11 is 0. The number of hydrogen-bond donors (Lipinski definition) is 2. The fourth-order valence-electron chi connectivity index (χ4n) is 2.24. The maximum atomic E-state index is 11.7. The third kappa shape index (κ3) is 4.49. The topological polar surface area (TPSA) is 64.3 Å². The molecule has 16 heavy (non-hydrogen) atoms. The molecule has 0 aromatic rings. The minimum atomic E-state index is -0.251. The van der Waals surface area contributed by atoms with Gasteiger partial charge in [-0.3, -0.25) is 4.79 Å². The SMILES string of the molecule is CCOC(C)CNC(=O)CC1(N)CCCC1. The molecule has 0 radical (unpaired) electrons. The predicted octanol–water partition coefficient (Wildman–Crippen LogP) is 1.19. The molecule has 3 N–H and O–H groups in total. The van der Waals surface area contributed by atoms with E-state index in [0.29, 0.717) is 19.6 Å². The van der Waals surface area contributed by atoms with Gasteiger partial charge >= 0.3 is 0 Å². The Morgan fingerprint density at radius 1 is 1.50 bits per heavy atom. The van der Waals surface area contributed by atoms with Crippen LogP contribution in [-0.4, -0.2) is 30.7 Å². The van der Waals surface area contributed by atoms with Crippen LogP contribution >= 0.6 is 0 Å². The van der Waals surface area contributed by atoms with Crippen LogP contribution in [0.4, 0.5) is 0 Å². The van der Waals surface area contributed by atoms with Crippen LogP contribution in [0.2, 0.25) is 0 Å². The second kappa shape index (κ2) is 6.21. The second-order valence-electron chi connectivity index (χ2n) is 4.82. The van der Waals surface area contributed by atoms with Crippen molar-refractivity contribution in [3.63, 3.8) is 0 Å². The molecule has 1 unspecified atom stereocenters. The van der Waals surface area contributed by atoms with Gasteiger partial charge in [-0.1, -0.05) is 12.8 Å². The summed E-state index contributed by atoms with van der Waals surface area (Å²) in [6.07, 6.45) is 4.78. The van der Waals surface area contributed by atoms with Gasteiger partial charge < -0.3 is 15.8 Å². The van der Waals surface area contributed by atoms with E-state index < -0.39 is 0 Å². The van der Waals surface area contributed by atoms with Crippen LogP contribution in [0.3, 0.4) is 0 Å². The smallest absolute Gasteiger partial charge is 0.221 e. The molecule has 0 spiro atoms. The van der Waals surface area contributed by atoms with Crippen LogP contribution in [0.5, 0.6) is 0 Å². The number of amides is 1. The fourth-order valence-corrected chi connectivity index (χ4v) is 2.24. The Bertz CT molecular complexity index is 225. The van der Waals surface area contributed by atoms with E-state index in [1.807, 2.05) is 13.8 Å². The molecule has 4 heteroatoms. The van der Waals surface area contributed by atoms with Crippen LogP contribution < -0.4 is 11.1 Å². The first kappa shape index (κ1) is 13.5. The molecule has 1 amide bonds. The van der Waals surface area contributed by atoms with E-state index >= 15 is 0 Å². The predicted molar refractivity (Wildman–Crippen MR) is 64.1 cm³/mol. The van der Waals surface area contributed by atoms with E-state index in [1.165, 1.54) is 0 Å². The van der Waals surface area contributed by atoms with Gasteiger partial charge in [0.2, 0.25) is 5.91 Å². The molecule has 1 fully saturated rings. The lowest BCUT2D eigenvalue weighted by Gasteiger charge is -2.23. The Morgan fingerprint density at radius 3 is 2.69 bits per heavy atom. The second-order valence-corrected chi connectivity index (χ2v) is 4.82. The largest absolute Gasteiger partial charge is 0.377 e. The molecule has 1 atom stereocenters. The van der Waals surface area contributed by atoms with Gasteiger partial charge in [0, 0.05) is 25.1 Å². The van der Waals surface area contributed by atoms with Gasteiger partial charge in [-0.2, -0.15) is 0 Å². The molecule has 4 nitrogen and oxygen atoms in total. The highest BCUT2D eigenvalue weighted by atomic mass is 16.5. The number of carbonyl (C=O) groups is 1. The number of rotatable bonds is 6. The standard InChI is InChI=1S/C12H24N2O2/c1-3-16-10(2)9-14-11(15)8-12(13)6-4-5-7-12/h10H,3-9,13H2,1-2H3,(H,14,15). The first-order valence-corrected chi connectivity index (χ1v) is 6.23. The van der Waals surface area contributed by atoms with E-state index in [9.17, 15) is 4.79 Å². The quantitative estimate of drug-likeness (QED) is 0.717. The normalized spacial score (nSPS) is 20.7. The lowest BCUT2D eigenvalue weighted by atomic mass is 9.94. The Hall–Kier alpha value is -0.610. The van der Waals surface area contributed by atoms with Crippen molar-refractivity contribution in [2.45, 2.75) is 57.6 Å². The molecule has 0 aromatic heterocycles. The number of ether oxygens (including phenoxy) is 1. The summed E-state index contributed by atoms with van der Waals surface area (Å²) in [7, 11) is 0. The van der Waals surface area contributed by atoms with Crippen LogP contribution in [0, 0.1) is 0 Å². The van der Waals surface area contributed by atoms with E-state index in [-0.39, 0.29) is 17.6 Å². The van der Waals surface area contributed by atoms with Crippen molar-refractivity contribution in [1.29, 1.82) is 0 Å². The van der Waals surface area contributed by atoms with Gasteiger partial charge in [-0.25, -0.2) is 0 Å². The van der Waals surface area contributed by atoms with Gasteiger partial charge in [0.1, 0.15) is 0 Å². The zero-order chi connectivity index (χ0) is 12.0. The van der Waals surface area contributed by atoms with Crippen molar-refractivity contribution in [2.75, 3.05) is 13.2 Å². The van der Waals surface area contributed by atoms with Gasteiger partial charge in [0.15, 0.2) is 0 Å². The van der Waals surface area contributed by atoms with E-state index in [4.69, 9.17) is 10.5 Å². The molecule has 1 aliphatic rings. The van der Waals surface area contributed by atoms with E-state index in [0.717, 1.165) is 25.7 Å². The van der Waals surface area contributed by atoms with E-state index in [2.05, 4.69) is 5.32 Å². The van der Waals surface area contributed by atoms with Crippen LogP contribution in [0.15, 0.2) is 0 Å². The van der Waals surface area contributed by atoms with Crippen molar-refractivity contribution in [2.24, 2.45) is 5.73 Å². The zero-order valence-electron chi connectivity index (χ0n) is 10.4. The Kier molecular flexibility index (Phi) is 5.22. The van der Waals surface area contributed by atoms with Crippen molar-refractivity contribution in [3.8, 4) is 0 Å². The molecule has 1 aliphatic carbocycles. The summed E-state index contributed by atoms with van der Waals surface area (Å²) in [4.78, 5) is 11.7. The maximum absolute atomic E-state index is 11.7. The first-order chi connectivity index (χ1) is 7.56. The fraction of sp³-hybridized carbons (Fsp3) is 0.917. The molecule has 0 bridgehead atoms. The molecule has 0 aliphatic heterocycles. The highest BCUT2D eigenvalue weighted by molar-refractivity contribution is 5.77. The lowest BCUT2D eigenvalue weighted by molar-refractivity contribution is -0.122. The lowest BCUT2D eigenvalue weighted by Crippen LogP contribution is -2.43. The minimum absolute atomic E-state index is 0.0518. The monoisotopic (exact) mass is 228 g/mol. The highest BCUT2D eigenvalue weighted by Gasteiger charge is 2.31. The van der Waals surface area contributed by atoms with Gasteiger partial charge in [0.25, 0.3) is 0 Å². The van der Waals surface area contributed by atoms with Crippen molar-refractivity contribution in [3.05, 3.63) is 0 Å². The van der Waals surface area contributed by atoms with Crippen LogP contribution in [0.25, 0.3) is 0 Å². The average Bonchev–Trinajstić information content (AvgIpc) is 2.62. The molecule has 0 heterocycles. The first-order valence-electron chi connectivity index (χ1n) is 6.23. The van der Waals surface area contributed by atoms with Crippen molar-refractivity contribution < 1.29 is 9.53 Å². The Morgan fingerprint density at radius 2 is 2.12 bits per heavy atom. The van der Waals surface area contributed by atoms with E-state index in [1.54, 1.807) is 0 Å². The highest BCUT2D eigenvalue weighted by Crippen LogP contribution is 2.29. The maximum Gasteiger partial charge on any atom is 0.221 e. The molecule has 1 saturated carbocycles. The zero-order valence-corrected chi connectivity index (χ0v) is 10.4. The number of nitrogens with two attached hydrogens (primary N) is 1. The number of nitrogens with one attached hydrogen (secondary N) is 1.